The smallest absolute Gasteiger partial charge is 0.497 e. The third kappa shape index (κ3) is 5.18. The number of anilines is 1. The monoisotopic (exact) mass is 539 g/mol. The lowest BCUT2D eigenvalue weighted by Crippen LogP contribution is -2.43. The lowest BCUT2D eigenvalue weighted by molar-refractivity contribution is -0.274. The molecule has 4 rings (SSSR count). The number of hydrazine groups is 1. The Morgan fingerprint density at radius 3 is 2.11 bits per heavy atom. The van der Waals surface area contributed by atoms with Crippen molar-refractivity contribution in [3.63, 3.8) is 0 Å². The van der Waals surface area contributed by atoms with Gasteiger partial charge in [-0.1, -0.05) is 12.1 Å². The minimum atomic E-state index is -4.94. The summed E-state index contributed by atoms with van der Waals surface area (Å²) in [5, 5.41) is 15.5. The summed E-state index contributed by atoms with van der Waals surface area (Å²) in [7, 11) is 2.49. The molecule has 1 atom stereocenters. The first-order chi connectivity index (χ1) is 17.9. The molecule has 0 bridgehead atoms. The van der Waals surface area contributed by atoms with E-state index in [4.69, 9.17) is 4.74 Å². The van der Waals surface area contributed by atoms with Gasteiger partial charge in [0.2, 0.25) is 0 Å². The number of carbonyl (C=O) groups excluding carboxylic acids is 1. The van der Waals surface area contributed by atoms with Gasteiger partial charge in [-0.25, -0.2) is 18.2 Å². The summed E-state index contributed by atoms with van der Waals surface area (Å²) in [6.45, 7) is 0. The summed E-state index contributed by atoms with van der Waals surface area (Å²) in [6.07, 6.45) is -6.77. The molecule has 3 aromatic carbocycles. The second-order valence-electron chi connectivity index (χ2n) is 7.95. The van der Waals surface area contributed by atoms with Gasteiger partial charge >= 0.3 is 6.36 Å². The Balaban J connectivity index is 1.77. The topological polar surface area (TPSA) is 74.3 Å². The number of aliphatic hydroxyl groups excluding tert-OH is 1. The van der Waals surface area contributed by atoms with Crippen LogP contribution < -0.4 is 19.8 Å². The number of nitrogens with one attached hydrogen (secondary N) is 1. The van der Waals surface area contributed by atoms with Crippen molar-refractivity contribution in [3.8, 4) is 11.5 Å². The number of benzene rings is 3. The Kier molecular flexibility index (Phi) is 7.14. The molecule has 1 amide bonds. The number of hydrogen-bond donors (Lipinski definition) is 2. The fourth-order valence-electron chi connectivity index (χ4n) is 3.94. The van der Waals surface area contributed by atoms with Gasteiger partial charge in [-0.05, 0) is 36.4 Å². The summed E-state index contributed by atoms with van der Waals surface area (Å²) < 4.78 is 90.8. The van der Waals surface area contributed by atoms with Crippen LogP contribution in [-0.4, -0.2) is 42.8 Å². The van der Waals surface area contributed by atoms with Gasteiger partial charge in [-0.3, -0.25) is 9.80 Å². The lowest BCUT2D eigenvalue weighted by atomic mass is 10.1. The van der Waals surface area contributed by atoms with Crippen LogP contribution in [0.4, 0.5) is 32.0 Å². The lowest BCUT2D eigenvalue weighted by Gasteiger charge is -2.32. The minimum Gasteiger partial charge on any atom is -0.497 e. The average molecular weight is 539 g/mol. The van der Waals surface area contributed by atoms with Gasteiger partial charge in [-0.15, -0.1) is 13.2 Å². The number of alkyl halides is 3. The molecule has 7 nitrogen and oxygen atoms in total. The number of hydrogen-bond acceptors (Lipinski definition) is 6. The van der Waals surface area contributed by atoms with Gasteiger partial charge < -0.3 is 19.9 Å². The van der Waals surface area contributed by atoms with E-state index in [2.05, 4.69) is 10.1 Å². The molecule has 200 valence electrons. The fraction of sp³-hybridized carbons (Fsp3) is 0.160. The van der Waals surface area contributed by atoms with Crippen LogP contribution in [0.5, 0.6) is 11.5 Å². The molecule has 3 aromatic rings. The molecule has 0 aromatic heterocycles. The molecular weight excluding hydrogens is 520 g/mol. The highest BCUT2D eigenvalue weighted by Gasteiger charge is 2.41. The van der Waals surface area contributed by atoms with Crippen molar-refractivity contribution in [2.45, 2.75) is 12.6 Å². The number of methoxy groups -OCH3 is 1. The first kappa shape index (κ1) is 26.7. The number of carbonyl (C=O) groups is 1. The van der Waals surface area contributed by atoms with E-state index in [1.807, 2.05) is 0 Å². The Labute approximate surface area is 212 Å². The zero-order valence-corrected chi connectivity index (χ0v) is 19.7. The van der Waals surface area contributed by atoms with Crippen LogP contribution >= 0.6 is 0 Å². The van der Waals surface area contributed by atoms with Crippen LogP contribution in [0, 0.1) is 17.5 Å². The summed E-state index contributed by atoms with van der Waals surface area (Å²) >= 11 is 0. The van der Waals surface area contributed by atoms with E-state index in [0.29, 0.717) is 0 Å². The molecule has 0 spiro atoms. The van der Waals surface area contributed by atoms with E-state index >= 15 is 8.78 Å². The number of rotatable bonds is 6. The maximum atomic E-state index is 15.1. The van der Waals surface area contributed by atoms with Gasteiger partial charge in [0.1, 0.15) is 29.0 Å². The quantitative estimate of drug-likeness (QED) is 0.439. The van der Waals surface area contributed by atoms with Crippen LogP contribution in [0.25, 0.3) is 5.70 Å². The molecule has 13 heteroatoms. The molecule has 38 heavy (non-hydrogen) atoms. The average Bonchev–Trinajstić information content (AvgIpc) is 3.07. The van der Waals surface area contributed by atoms with Crippen molar-refractivity contribution >= 4 is 17.3 Å². The molecule has 2 N–H and O–H groups in total. The molecule has 0 fully saturated rings. The van der Waals surface area contributed by atoms with Gasteiger partial charge in [-0.2, -0.15) is 0 Å². The molecule has 1 unspecified atom stereocenters. The second kappa shape index (κ2) is 10.2. The van der Waals surface area contributed by atoms with Crippen molar-refractivity contribution in [2.75, 3.05) is 19.2 Å². The Bertz CT molecular complexity index is 1370. The van der Waals surface area contributed by atoms with Crippen molar-refractivity contribution in [1.29, 1.82) is 0 Å². The SMILES string of the molecule is COc1cc(F)c(C2=C(NC(=O)c3ccc(OC(F)(F)F)cc3)C(O)N(c3ccccc3F)N2C)c(F)c1. The molecule has 0 aliphatic carbocycles. The van der Waals surface area contributed by atoms with Crippen molar-refractivity contribution < 1.29 is 45.7 Å². The zero-order chi connectivity index (χ0) is 27.8. The van der Waals surface area contributed by atoms with Crippen molar-refractivity contribution in [2.24, 2.45) is 0 Å². The van der Waals surface area contributed by atoms with Crippen molar-refractivity contribution in [1.82, 2.24) is 10.3 Å². The standard InChI is InChI=1S/C25H19F6N3O4/c1-33-22(20-17(27)11-15(37-2)12-18(20)28)21(24(36)34(33)19-6-4-3-5-16(19)26)32-23(35)13-7-9-14(10-8-13)38-25(29,30)31/h3-12,24,36H,1-2H3,(H,32,35). The third-order valence-electron chi connectivity index (χ3n) is 5.58. The predicted octanol–water partition coefficient (Wildman–Crippen LogP) is 4.80. The third-order valence-corrected chi connectivity index (χ3v) is 5.58. The van der Waals surface area contributed by atoms with Gasteiger partial charge in [0.25, 0.3) is 5.91 Å². The molecular formula is C25H19F6N3O4. The van der Waals surface area contributed by atoms with Crippen LogP contribution in [0.2, 0.25) is 0 Å². The van der Waals surface area contributed by atoms with E-state index in [1.54, 1.807) is 0 Å². The second-order valence-corrected chi connectivity index (χ2v) is 7.95. The number of para-hydroxylation sites is 1. The van der Waals surface area contributed by atoms with E-state index in [-0.39, 0.29) is 22.7 Å². The maximum Gasteiger partial charge on any atom is 0.573 e. The molecule has 0 radical (unpaired) electrons. The summed E-state index contributed by atoms with van der Waals surface area (Å²) in [5.74, 6) is -4.64. The first-order valence-electron chi connectivity index (χ1n) is 10.8. The van der Waals surface area contributed by atoms with Crippen LogP contribution in [0.15, 0.2) is 66.4 Å². The number of nitrogens with zero attached hydrogens (tertiary/aromatic N) is 2. The highest BCUT2D eigenvalue weighted by molar-refractivity contribution is 5.97. The zero-order valence-electron chi connectivity index (χ0n) is 19.7. The van der Waals surface area contributed by atoms with E-state index in [0.717, 1.165) is 52.5 Å². The summed E-state index contributed by atoms with van der Waals surface area (Å²) in [4.78, 5) is 13.0. The van der Waals surface area contributed by atoms with Crippen LogP contribution in [0.1, 0.15) is 15.9 Å². The van der Waals surface area contributed by atoms with Gasteiger partial charge in [0.15, 0.2) is 6.23 Å². The summed E-state index contributed by atoms with van der Waals surface area (Å²) in [5.41, 5.74) is -1.76. The number of ether oxygens (including phenoxy) is 2. The van der Waals surface area contributed by atoms with E-state index in [1.165, 1.54) is 32.4 Å². The summed E-state index contributed by atoms with van der Waals surface area (Å²) in [6, 6.07) is 10.9. The molecule has 1 heterocycles. The molecule has 1 aliphatic rings. The maximum absolute atomic E-state index is 15.1. The Morgan fingerprint density at radius 2 is 1.55 bits per heavy atom. The number of amides is 1. The molecule has 1 aliphatic heterocycles. The Morgan fingerprint density at radius 1 is 0.947 bits per heavy atom. The first-order valence-corrected chi connectivity index (χ1v) is 10.8. The van der Waals surface area contributed by atoms with Gasteiger partial charge in [0, 0.05) is 24.7 Å². The van der Waals surface area contributed by atoms with E-state index in [9.17, 15) is 27.5 Å². The van der Waals surface area contributed by atoms with Crippen molar-refractivity contribution in [3.05, 3.63) is 94.9 Å². The molecule has 0 saturated carbocycles. The molecule has 0 saturated heterocycles. The number of aliphatic hydroxyl groups is 1. The normalized spacial score (nSPS) is 15.7. The highest BCUT2D eigenvalue weighted by Crippen LogP contribution is 2.40. The predicted molar refractivity (Wildman–Crippen MR) is 123 cm³/mol. The minimum absolute atomic E-state index is 0.136. The number of halogens is 6. The van der Waals surface area contributed by atoms with E-state index < -0.39 is 53.0 Å². The Hall–Kier alpha value is -4.39. The van der Waals surface area contributed by atoms with Crippen LogP contribution in [-0.2, 0) is 0 Å². The van der Waals surface area contributed by atoms with Crippen LogP contribution in [0.3, 0.4) is 0 Å². The van der Waals surface area contributed by atoms with Gasteiger partial charge in [0.05, 0.1) is 29.8 Å². The fourth-order valence-corrected chi connectivity index (χ4v) is 3.94. The largest absolute Gasteiger partial charge is 0.573 e. The highest BCUT2D eigenvalue weighted by atomic mass is 19.4.